The van der Waals surface area contributed by atoms with Crippen LogP contribution in [0.2, 0.25) is 0 Å². The number of rotatable bonds is 2. The van der Waals surface area contributed by atoms with Crippen molar-refractivity contribution in [1.82, 2.24) is 0 Å². The van der Waals surface area contributed by atoms with Crippen LogP contribution in [0.4, 0.5) is 0 Å². The van der Waals surface area contributed by atoms with E-state index in [1.165, 1.54) is 99.8 Å². The second-order valence-electron chi connectivity index (χ2n) is 14.5. The maximum atomic E-state index is 2.45. The fraction of sp³-hybridized carbons (Fsp3) is 0.130. The lowest BCUT2D eigenvalue weighted by molar-refractivity contribution is 0.660. The third-order valence-corrected chi connectivity index (χ3v) is 11.5. The maximum Gasteiger partial charge on any atom is 0.0159 e. The average molecular weight is 587 g/mol. The van der Waals surface area contributed by atoms with E-state index in [1.807, 2.05) is 0 Å². The normalized spacial score (nSPS) is 15.3. The molecule has 7 aromatic carbocycles. The minimum Gasteiger partial charge on any atom is -0.0619 e. The predicted octanol–water partition coefficient (Wildman–Crippen LogP) is 12.4. The molecule has 0 atom stereocenters. The fourth-order valence-electron chi connectivity index (χ4n) is 9.04. The predicted molar refractivity (Wildman–Crippen MR) is 194 cm³/mol. The van der Waals surface area contributed by atoms with Gasteiger partial charge in [0, 0.05) is 10.8 Å². The summed E-state index contributed by atoms with van der Waals surface area (Å²) in [6.07, 6.45) is 0. The Morgan fingerprint density at radius 1 is 0.304 bits per heavy atom. The van der Waals surface area contributed by atoms with Gasteiger partial charge in [0.05, 0.1) is 0 Å². The van der Waals surface area contributed by atoms with Crippen molar-refractivity contribution in [1.29, 1.82) is 0 Å². The molecule has 0 aromatic heterocycles. The Labute approximate surface area is 271 Å². The third kappa shape index (κ3) is 3.24. The van der Waals surface area contributed by atoms with Crippen LogP contribution in [-0.2, 0) is 10.8 Å². The molecule has 0 bridgehead atoms. The molecule has 0 amide bonds. The maximum absolute atomic E-state index is 2.45. The number of hydrogen-bond acceptors (Lipinski definition) is 0. The van der Waals surface area contributed by atoms with Crippen LogP contribution in [0.5, 0.6) is 0 Å². The summed E-state index contributed by atoms with van der Waals surface area (Å²) >= 11 is 0. The third-order valence-electron chi connectivity index (χ3n) is 11.5. The van der Waals surface area contributed by atoms with Crippen molar-refractivity contribution in [3.05, 3.63) is 156 Å². The molecule has 10 rings (SSSR count). The minimum atomic E-state index is -0.0149. The van der Waals surface area contributed by atoms with Crippen LogP contribution in [0.1, 0.15) is 49.9 Å². The van der Waals surface area contributed by atoms with Crippen LogP contribution >= 0.6 is 0 Å². The zero-order valence-corrected chi connectivity index (χ0v) is 26.7. The molecule has 0 spiro atoms. The van der Waals surface area contributed by atoms with Gasteiger partial charge in [-0.15, -0.1) is 0 Å². The van der Waals surface area contributed by atoms with Crippen molar-refractivity contribution in [3.8, 4) is 66.8 Å². The molecule has 218 valence electrons. The first kappa shape index (κ1) is 26.1. The molecule has 0 fully saturated rings. The van der Waals surface area contributed by atoms with Crippen molar-refractivity contribution in [3.63, 3.8) is 0 Å². The van der Waals surface area contributed by atoms with Gasteiger partial charge in [-0.05, 0) is 118 Å². The highest BCUT2D eigenvalue weighted by molar-refractivity contribution is 6.19. The van der Waals surface area contributed by atoms with Gasteiger partial charge in [0.1, 0.15) is 0 Å². The first-order valence-electron chi connectivity index (χ1n) is 16.5. The summed E-state index contributed by atoms with van der Waals surface area (Å²) in [7, 11) is 0. The van der Waals surface area contributed by atoms with Crippen LogP contribution < -0.4 is 0 Å². The summed E-state index contributed by atoms with van der Waals surface area (Å²) in [6, 6.07) is 50.7. The first-order chi connectivity index (χ1) is 22.3. The van der Waals surface area contributed by atoms with Crippen molar-refractivity contribution in [2.75, 3.05) is 0 Å². The smallest absolute Gasteiger partial charge is 0.0159 e. The van der Waals surface area contributed by atoms with Crippen molar-refractivity contribution >= 4 is 10.8 Å². The van der Waals surface area contributed by atoms with Gasteiger partial charge in [-0.3, -0.25) is 0 Å². The van der Waals surface area contributed by atoms with E-state index in [1.54, 1.807) is 0 Å². The molecular formula is C46H34. The molecule has 0 radical (unpaired) electrons. The number of benzene rings is 7. The fourth-order valence-corrected chi connectivity index (χ4v) is 9.04. The zero-order valence-electron chi connectivity index (χ0n) is 26.7. The summed E-state index contributed by atoms with van der Waals surface area (Å²) in [5.41, 5.74) is 21.7. The van der Waals surface area contributed by atoms with Gasteiger partial charge in [-0.25, -0.2) is 0 Å². The van der Waals surface area contributed by atoms with Crippen LogP contribution in [0.3, 0.4) is 0 Å². The summed E-state index contributed by atoms with van der Waals surface area (Å²) < 4.78 is 0. The molecule has 46 heavy (non-hydrogen) atoms. The Kier molecular flexibility index (Phi) is 4.95. The van der Waals surface area contributed by atoms with Gasteiger partial charge >= 0.3 is 0 Å². The molecule has 0 nitrogen and oxygen atoms in total. The van der Waals surface area contributed by atoms with Crippen molar-refractivity contribution < 1.29 is 0 Å². The van der Waals surface area contributed by atoms with Gasteiger partial charge in [-0.1, -0.05) is 143 Å². The summed E-state index contributed by atoms with van der Waals surface area (Å²) in [5.74, 6) is 0. The largest absolute Gasteiger partial charge is 0.0619 e. The van der Waals surface area contributed by atoms with E-state index in [2.05, 4.69) is 161 Å². The van der Waals surface area contributed by atoms with Gasteiger partial charge in [0.25, 0.3) is 0 Å². The zero-order chi connectivity index (χ0) is 30.9. The van der Waals surface area contributed by atoms with Crippen LogP contribution in [-0.4, -0.2) is 0 Å². The first-order valence-corrected chi connectivity index (χ1v) is 16.5. The monoisotopic (exact) mass is 586 g/mol. The van der Waals surface area contributed by atoms with Crippen molar-refractivity contribution in [2.24, 2.45) is 0 Å². The summed E-state index contributed by atoms with van der Waals surface area (Å²) in [5, 5.41) is 2.71. The van der Waals surface area contributed by atoms with Gasteiger partial charge in [0.15, 0.2) is 0 Å². The summed E-state index contributed by atoms with van der Waals surface area (Å²) in [4.78, 5) is 0. The molecule has 0 saturated heterocycles. The second kappa shape index (κ2) is 8.74. The molecule has 0 unspecified atom stereocenters. The molecular weight excluding hydrogens is 553 g/mol. The molecule has 0 saturated carbocycles. The molecule has 0 heteroatoms. The SMILES string of the molecule is CC1(C)c2ccccc2-c2ccc(-c3ccc4c(c3)-c3cccc5c(-c6ccc7c(c6)C(C)(C)c6ccccc6-7)ccc-4c35)cc21. The van der Waals surface area contributed by atoms with Crippen molar-refractivity contribution in [2.45, 2.75) is 38.5 Å². The minimum absolute atomic E-state index is 0.00749. The Bertz CT molecular complexity index is 2470. The van der Waals surface area contributed by atoms with Gasteiger partial charge in [-0.2, -0.15) is 0 Å². The molecule has 3 aliphatic carbocycles. The molecule has 0 aliphatic heterocycles. The topological polar surface area (TPSA) is 0 Å². The Hall–Kier alpha value is -5.20. The lowest BCUT2D eigenvalue weighted by atomic mass is 9.81. The molecule has 3 aliphatic rings. The average Bonchev–Trinajstić information content (AvgIpc) is 3.62. The Morgan fingerprint density at radius 3 is 1.43 bits per heavy atom. The highest BCUT2D eigenvalue weighted by Crippen LogP contribution is 2.54. The van der Waals surface area contributed by atoms with Gasteiger partial charge < -0.3 is 0 Å². The quantitative estimate of drug-likeness (QED) is 0.189. The van der Waals surface area contributed by atoms with E-state index in [0.29, 0.717) is 0 Å². The number of fused-ring (bicyclic) bond motifs is 9. The lowest BCUT2D eigenvalue weighted by Crippen LogP contribution is -2.14. The highest BCUT2D eigenvalue weighted by Gasteiger charge is 2.36. The van der Waals surface area contributed by atoms with Gasteiger partial charge in [0.2, 0.25) is 0 Å². The Morgan fingerprint density at radius 2 is 0.761 bits per heavy atom. The van der Waals surface area contributed by atoms with Crippen LogP contribution in [0, 0.1) is 0 Å². The standard InChI is InChI=1S/C46H34/c1-45(2)40-14-7-5-10-32(40)34-20-17-28(25-42(34)45)27-16-19-31-38-23-22-30(36-12-9-13-37(44(36)38)39(31)24-27)29-18-21-35-33-11-6-8-15-41(33)46(3,4)43(35)26-29/h5-26H,1-4H3. The van der Waals surface area contributed by atoms with E-state index in [-0.39, 0.29) is 10.8 Å². The number of hydrogen-bond donors (Lipinski definition) is 0. The van der Waals surface area contributed by atoms with E-state index in [0.717, 1.165) is 0 Å². The van der Waals surface area contributed by atoms with E-state index in [4.69, 9.17) is 0 Å². The lowest BCUT2D eigenvalue weighted by Gasteiger charge is -2.22. The van der Waals surface area contributed by atoms with Crippen LogP contribution in [0.15, 0.2) is 133 Å². The molecule has 0 N–H and O–H groups in total. The molecule has 0 heterocycles. The Balaban J connectivity index is 1.09. The van der Waals surface area contributed by atoms with E-state index in [9.17, 15) is 0 Å². The summed E-state index contributed by atoms with van der Waals surface area (Å²) in [6.45, 7) is 9.45. The van der Waals surface area contributed by atoms with E-state index < -0.39 is 0 Å². The highest BCUT2D eigenvalue weighted by atomic mass is 14.4. The van der Waals surface area contributed by atoms with E-state index >= 15 is 0 Å². The van der Waals surface area contributed by atoms with Crippen LogP contribution in [0.25, 0.3) is 77.5 Å². The molecule has 7 aromatic rings. The second-order valence-corrected chi connectivity index (χ2v) is 14.5.